The molecule has 210 valence electrons. The second kappa shape index (κ2) is 13.4. The maximum absolute atomic E-state index is 13.6. The highest BCUT2D eigenvalue weighted by Gasteiger charge is 2.35. The summed E-state index contributed by atoms with van der Waals surface area (Å²) in [7, 11) is 0. The van der Waals surface area contributed by atoms with E-state index >= 15 is 0 Å². The number of nitriles is 1. The van der Waals surface area contributed by atoms with Crippen LogP contribution in [0.5, 0.6) is 5.75 Å². The molecule has 3 aromatic rings. The number of esters is 1. The van der Waals surface area contributed by atoms with Gasteiger partial charge in [0.2, 0.25) is 0 Å². The molecule has 0 atom stereocenters. The molecule has 4 rings (SSSR count). The third-order valence-electron chi connectivity index (χ3n) is 6.59. The molecule has 0 N–H and O–H groups in total. The average Bonchev–Trinajstić information content (AvgIpc) is 3.40. The zero-order chi connectivity index (χ0) is 29.4. The first-order valence-electron chi connectivity index (χ1n) is 13.5. The van der Waals surface area contributed by atoms with Gasteiger partial charge in [-0.15, -0.1) is 0 Å². The van der Waals surface area contributed by atoms with Crippen LogP contribution < -0.4 is 4.74 Å². The van der Waals surface area contributed by atoms with Gasteiger partial charge < -0.3 is 9.47 Å². The molecular weight excluding hydrogens is 520 g/mol. The Morgan fingerprint density at radius 2 is 1.83 bits per heavy atom. The first-order valence-corrected chi connectivity index (χ1v) is 13.5. The second-order valence-electron chi connectivity index (χ2n) is 9.57. The van der Waals surface area contributed by atoms with Crippen molar-refractivity contribution in [1.29, 1.82) is 5.26 Å². The first kappa shape index (κ1) is 29.0. The van der Waals surface area contributed by atoms with Crippen molar-refractivity contribution < 1.29 is 23.9 Å². The predicted molar refractivity (Wildman–Crippen MR) is 154 cm³/mol. The molecule has 0 bridgehead atoms. The molecule has 0 fully saturated rings. The van der Waals surface area contributed by atoms with Crippen molar-refractivity contribution >= 4 is 23.9 Å². The van der Waals surface area contributed by atoms with Gasteiger partial charge in [0.1, 0.15) is 23.1 Å². The molecule has 9 heteroatoms. The quantitative estimate of drug-likeness (QED) is 0.138. The van der Waals surface area contributed by atoms with Crippen molar-refractivity contribution in [3.8, 4) is 28.8 Å². The summed E-state index contributed by atoms with van der Waals surface area (Å²) in [5, 5.41) is 14.6. The number of carbonyl (C=O) groups excluding carboxylic acids is 3. The Morgan fingerprint density at radius 3 is 2.54 bits per heavy atom. The lowest BCUT2D eigenvalue weighted by Crippen LogP contribution is -2.43. The number of hydrogen-bond acceptors (Lipinski definition) is 7. The number of rotatable bonds is 11. The van der Waals surface area contributed by atoms with Gasteiger partial charge in [0.25, 0.3) is 11.8 Å². The Balaban J connectivity index is 1.78. The lowest BCUT2D eigenvalue weighted by Gasteiger charge is -2.27. The highest BCUT2D eigenvalue weighted by Crippen LogP contribution is 2.32. The zero-order valence-electron chi connectivity index (χ0n) is 23.4. The van der Waals surface area contributed by atoms with E-state index < -0.39 is 17.8 Å². The third-order valence-corrected chi connectivity index (χ3v) is 6.59. The largest absolute Gasteiger partial charge is 0.494 e. The summed E-state index contributed by atoms with van der Waals surface area (Å²) < 4.78 is 12.6. The monoisotopic (exact) mass is 552 g/mol. The number of ether oxygens (including phenoxy) is 2. The molecule has 0 aliphatic carbocycles. The fourth-order valence-corrected chi connectivity index (χ4v) is 4.42. The van der Waals surface area contributed by atoms with Crippen LogP contribution in [0.25, 0.3) is 23.0 Å². The number of hydrogen-bond donors (Lipinski definition) is 0. The van der Waals surface area contributed by atoms with E-state index in [2.05, 4.69) is 6.92 Å². The van der Waals surface area contributed by atoms with E-state index in [1.54, 1.807) is 17.7 Å². The number of amides is 2. The normalized spacial score (nSPS) is 14.4. The molecule has 0 spiro atoms. The Morgan fingerprint density at radius 1 is 1.05 bits per heavy atom. The van der Waals surface area contributed by atoms with Gasteiger partial charge in [0, 0.05) is 36.4 Å². The third kappa shape index (κ3) is 6.79. The number of carbonyl (C=O) groups is 3. The van der Waals surface area contributed by atoms with Crippen LogP contribution in [0.2, 0.25) is 0 Å². The standard InChI is InChI=1S/C32H32N4O5/c1-4-5-16-41-27-14-9-11-24(18-27)30-25(21-36(34-30)26-12-7-6-8-13-26)19-28-22(2)29(20-33)32(39)35(31(28)38)15-10-17-40-23(3)37/h6-9,11-14,18-19,21H,4-5,10,15-17H2,1-3H3/b28-19+. The van der Waals surface area contributed by atoms with Crippen LogP contribution in [-0.4, -0.2) is 52.2 Å². The first-order chi connectivity index (χ1) is 19.8. The van der Waals surface area contributed by atoms with Crippen LogP contribution in [0, 0.1) is 11.3 Å². The molecule has 1 aliphatic rings. The minimum atomic E-state index is -0.660. The molecule has 0 saturated heterocycles. The van der Waals surface area contributed by atoms with E-state index in [9.17, 15) is 19.6 Å². The Kier molecular flexibility index (Phi) is 9.48. The van der Waals surface area contributed by atoms with Crippen LogP contribution in [-0.2, 0) is 19.1 Å². The highest BCUT2D eigenvalue weighted by molar-refractivity contribution is 6.19. The van der Waals surface area contributed by atoms with Gasteiger partial charge in [-0.05, 0) is 55.7 Å². The molecule has 0 unspecified atom stereocenters. The smallest absolute Gasteiger partial charge is 0.302 e. The van der Waals surface area contributed by atoms with Crippen LogP contribution in [0.3, 0.4) is 0 Å². The van der Waals surface area contributed by atoms with Crippen molar-refractivity contribution in [2.45, 2.75) is 40.0 Å². The van der Waals surface area contributed by atoms with Gasteiger partial charge in [-0.1, -0.05) is 43.7 Å². The Hall–Kier alpha value is -4.97. The fraction of sp³-hybridized carbons (Fsp3) is 0.281. The summed E-state index contributed by atoms with van der Waals surface area (Å²) >= 11 is 0. The highest BCUT2D eigenvalue weighted by atomic mass is 16.5. The van der Waals surface area contributed by atoms with Crippen molar-refractivity contribution in [1.82, 2.24) is 14.7 Å². The van der Waals surface area contributed by atoms with Crippen LogP contribution in [0.4, 0.5) is 0 Å². The fourth-order valence-electron chi connectivity index (χ4n) is 4.42. The van der Waals surface area contributed by atoms with E-state index in [-0.39, 0.29) is 30.7 Å². The van der Waals surface area contributed by atoms with Gasteiger partial charge in [-0.3, -0.25) is 19.3 Å². The molecule has 1 aromatic heterocycles. The number of benzene rings is 2. The molecule has 2 aromatic carbocycles. The molecule has 0 radical (unpaired) electrons. The summed E-state index contributed by atoms with van der Waals surface area (Å²) in [5.41, 5.74) is 3.28. The van der Waals surface area contributed by atoms with Crippen LogP contribution in [0.1, 0.15) is 45.6 Å². The maximum atomic E-state index is 13.6. The molecule has 1 aliphatic heterocycles. The van der Waals surface area contributed by atoms with Crippen molar-refractivity contribution in [2.75, 3.05) is 19.8 Å². The van der Waals surface area contributed by atoms with Crippen LogP contribution in [0.15, 0.2) is 77.5 Å². The number of imide groups is 1. The summed E-state index contributed by atoms with van der Waals surface area (Å²) in [6.07, 6.45) is 5.70. The van der Waals surface area contributed by atoms with E-state index in [1.165, 1.54) is 6.92 Å². The van der Waals surface area contributed by atoms with E-state index in [0.29, 0.717) is 29.2 Å². The van der Waals surface area contributed by atoms with Crippen molar-refractivity contribution in [3.63, 3.8) is 0 Å². The van der Waals surface area contributed by atoms with E-state index in [0.717, 1.165) is 29.0 Å². The summed E-state index contributed by atoms with van der Waals surface area (Å²) in [6, 6.07) is 19.2. The lowest BCUT2D eigenvalue weighted by atomic mass is 9.93. The van der Waals surface area contributed by atoms with Gasteiger partial charge in [-0.2, -0.15) is 10.4 Å². The minimum absolute atomic E-state index is 0.00796. The summed E-state index contributed by atoms with van der Waals surface area (Å²) in [6.45, 7) is 5.66. The number of nitrogens with zero attached hydrogens (tertiary/aromatic N) is 4. The Bertz CT molecular complexity index is 1550. The van der Waals surface area contributed by atoms with Gasteiger partial charge in [0.15, 0.2) is 0 Å². The minimum Gasteiger partial charge on any atom is -0.494 e. The van der Waals surface area contributed by atoms with Gasteiger partial charge in [0.05, 0.1) is 18.9 Å². The van der Waals surface area contributed by atoms with Crippen molar-refractivity contribution in [2.24, 2.45) is 0 Å². The SMILES string of the molecule is CCCCOc1cccc(-c2nn(-c3ccccc3)cc2/C=C2/C(=O)N(CCCOC(C)=O)C(=O)C(C#N)=C2C)c1. The molecular formula is C32H32N4O5. The molecule has 0 saturated carbocycles. The lowest BCUT2D eigenvalue weighted by molar-refractivity contribution is -0.141. The average molecular weight is 553 g/mol. The predicted octanol–water partition coefficient (Wildman–Crippen LogP) is 5.26. The summed E-state index contributed by atoms with van der Waals surface area (Å²) in [4.78, 5) is 38.7. The van der Waals surface area contributed by atoms with Crippen LogP contribution >= 0.6 is 0 Å². The Labute approximate surface area is 239 Å². The zero-order valence-corrected chi connectivity index (χ0v) is 23.4. The number of para-hydroxylation sites is 1. The topological polar surface area (TPSA) is 115 Å². The van der Waals surface area contributed by atoms with Gasteiger partial charge >= 0.3 is 5.97 Å². The molecule has 2 amide bonds. The molecule has 2 heterocycles. The van der Waals surface area contributed by atoms with Gasteiger partial charge in [-0.25, -0.2) is 4.68 Å². The van der Waals surface area contributed by atoms with Crippen molar-refractivity contribution in [3.05, 3.63) is 83.1 Å². The van der Waals surface area contributed by atoms with E-state index in [1.807, 2.05) is 66.9 Å². The molecule has 41 heavy (non-hydrogen) atoms. The number of unbranched alkanes of at least 4 members (excludes halogenated alkanes) is 1. The summed E-state index contributed by atoms with van der Waals surface area (Å²) in [5.74, 6) is -0.917. The second-order valence-corrected chi connectivity index (χ2v) is 9.57. The number of aromatic nitrogens is 2. The maximum Gasteiger partial charge on any atom is 0.302 e. The van der Waals surface area contributed by atoms with E-state index in [4.69, 9.17) is 14.6 Å². The molecule has 9 nitrogen and oxygen atoms in total.